The van der Waals surface area contributed by atoms with Gasteiger partial charge in [0.2, 0.25) is 11.8 Å². The summed E-state index contributed by atoms with van der Waals surface area (Å²) in [5.41, 5.74) is -0.0807. The van der Waals surface area contributed by atoms with E-state index in [4.69, 9.17) is 4.74 Å². The maximum atomic E-state index is 12.0. The van der Waals surface area contributed by atoms with Crippen LogP contribution in [0.2, 0.25) is 0 Å². The van der Waals surface area contributed by atoms with E-state index in [0.29, 0.717) is 13.0 Å². The standard InChI is InChI=1S/C12H20N2O3/c1-3-14-10(15)8-9(11(14)16)13-12(2)4-6-17-7-5-12/h9,13H,3-8H2,1-2H3. The van der Waals surface area contributed by atoms with Crippen molar-refractivity contribution >= 4 is 11.8 Å². The average Bonchev–Trinajstić information content (AvgIpc) is 2.54. The van der Waals surface area contributed by atoms with Crippen molar-refractivity contribution in [1.29, 1.82) is 0 Å². The molecule has 2 rings (SSSR count). The summed E-state index contributed by atoms with van der Waals surface area (Å²) >= 11 is 0. The fourth-order valence-electron chi connectivity index (χ4n) is 2.51. The van der Waals surface area contributed by atoms with Crippen molar-refractivity contribution in [2.45, 2.75) is 44.7 Å². The fraction of sp³-hybridized carbons (Fsp3) is 0.833. The van der Waals surface area contributed by atoms with Crippen molar-refractivity contribution in [1.82, 2.24) is 10.2 Å². The lowest BCUT2D eigenvalue weighted by molar-refractivity contribution is -0.138. The maximum Gasteiger partial charge on any atom is 0.246 e. The van der Waals surface area contributed by atoms with E-state index in [1.54, 1.807) is 0 Å². The first-order chi connectivity index (χ1) is 8.06. The maximum absolute atomic E-state index is 12.0. The molecule has 96 valence electrons. The number of rotatable bonds is 3. The second kappa shape index (κ2) is 4.74. The number of hydrogen-bond acceptors (Lipinski definition) is 4. The molecular formula is C12H20N2O3. The molecule has 2 aliphatic rings. The van der Waals surface area contributed by atoms with Gasteiger partial charge in [0.25, 0.3) is 0 Å². The zero-order valence-corrected chi connectivity index (χ0v) is 10.5. The van der Waals surface area contributed by atoms with Crippen molar-refractivity contribution < 1.29 is 14.3 Å². The quantitative estimate of drug-likeness (QED) is 0.720. The van der Waals surface area contributed by atoms with Crippen LogP contribution < -0.4 is 5.32 Å². The summed E-state index contributed by atoms with van der Waals surface area (Å²) < 4.78 is 5.32. The monoisotopic (exact) mass is 240 g/mol. The highest BCUT2D eigenvalue weighted by Gasteiger charge is 2.41. The largest absolute Gasteiger partial charge is 0.381 e. The van der Waals surface area contributed by atoms with Gasteiger partial charge in [-0.1, -0.05) is 0 Å². The molecule has 0 radical (unpaired) electrons. The second-order valence-corrected chi connectivity index (χ2v) is 5.05. The van der Waals surface area contributed by atoms with Gasteiger partial charge in [0.1, 0.15) is 0 Å². The van der Waals surface area contributed by atoms with Gasteiger partial charge in [0.15, 0.2) is 0 Å². The topological polar surface area (TPSA) is 58.6 Å². The molecule has 0 spiro atoms. The first-order valence-corrected chi connectivity index (χ1v) is 6.25. The molecule has 0 aromatic rings. The van der Waals surface area contributed by atoms with Gasteiger partial charge in [-0.15, -0.1) is 0 Å². The van der Waals surface area contributed by atoms with E-state index in [1.807, 2.05) is 6.92 Å². The lowest BCUT2D eigenvalue weighted by Crippen LogP contribution is -2.53. The van der Waals surface area contributed by atoms with Crippen LogP contribution >= 0.6 is 0 Å². The fourth-order valence-corrected chi connectivity index (χ4v) is 2.51. The number of hydrogen-bond donors (Lipinski definition) is 1. The Morgan fingerprint density at radius 2 is 2.06 bits per heavy atom. The Morgan fingerprint density at radius 3 is 2.59 bits per heavy atom. The molecule has 1 atom stereocenters. The van der Waals surface area contributed by atoms with Gasteiger partial charge in [-0.25, -0.2) is 0 Å². The molecule has 0 bridgehead atoms. The van der Waals surface area contributed by atoms with E-state index in [2.05, 4.69) is 12.2 Å². The number of likely N-dealkylation sites (tertiary alicyclic amines) is 1. The minimum Gasteiger partial charge on any atom is -0.381 e. The van der Waals surface area contributed by atoms with Gasteiger partial charge in [-0.2, -0.15) is 0 Å². The summed E-state index contributed by atoms with van der Waals surface area (Å²) in [4.78, 5) is 24.9. The van der Waals surface area contributed by atoms with Crippen LogP contribution in [0.15, 0.2) is 0 Å². The molecule has 2 amide bonds. The van der Waals surface area contributed by atoms with Crippen LogP contribution in [0.5, 0.6) is 0 Å². The molecule has 0 saturated carbocycles. The van der Waals surface area contributed by atoms with Gasteiger partial charge in [0.05, 0.1) is 12.5 Å². The molecule has 2 heterocycles. The SMILES string of the molecule is CCN1C(=O)CC(NC2(C)CCOCC2)C1=O. The van der Waals surface area contributed by atoms with E-state index in [0.717, 1.165) is 26.1 Å². The van der Waals surface area contributed by atoms with E-state index in [9.17, 15) is 9.59 Å². The van der Waals surface area contributed by atoms with Crippen molar-refractivity contribution in [3.05, 3.63) is 0 Å². The molecule has 1 unspecified atom stereocenters. The van der Waals surface area contributed by atoms with Gasteiger partial charge in [0, 0.05) is 25.3 Å². The van der Waals surface area contributed by atoms with Crippen molar-refractivity contribution in [3.63, 3.8) is 0 Å². The Kier molecular flexibility index (Phi) is 3.49. The molecule has 17 heavy (non-hydrogen) atoms. The highest BCUT2D eigenvalue weighted by molar-refractivity contribution is 6.05. The molecule has 2 aliphatic heterocycles. The Balaban J connectivity index is 2.00. The van der Waals surface area contributed by atoms with Crippen LogP contribution in [-0.4, -0.2) is 48.1 Å². The molecule has 5 heteroatoms. The molecule has 2 saturated heterocycles. The van der Waals surface area contributed by atoms with Crippen LogP contribution in [0.3, 0.4) is 0 Å². The molecule has 0 aromatic carbocycles. The summed E-state index contributed by atoms with van der Waals surface area (Å²) in [5.74, 6) is -0.143. The van der Waals surface area contributed by atoms with Crippen molar-refractivity contribution in [3.8, 4) is 0 Å². The number of nitrogens with one attached hydrogen (secondary N) is 1. The van der Waals surface area contributed by atoms with E-state index in [-0.39, 0.29) is 23.4 Å². The molecular weight excluding hydrogens is 220 g/mol. The normalized spacial score (nSPS) is 28.8. The summed E-state index contributed by atoms with van der Waals surface area (Å²) in [6, 6.07) is -0.342. The summed E-state index contributed by atoms with van der Waals surface area (Å²) in [6.07, 6.45) is 2.07. The molecule has 2 fully saturated rings. The smallest absolute Gasteiger partial charge is 0.246 e. The van der Waals surface area contributed by atoms with Gasteiger partial charge in [-0.05, 0) is 26.7 Å². The van der Waals surface area contributed by atoms with Crippen LogP contribution in [0, 0.1) is 0 Å². The molecule has 5 nitrogen and oxygen atoms in total. The summed E-state index contributed by atoms with van der Waals surface area (Å²) in [5, 5.41) is 3.35. The molecule has 0 aliphatic carbocycles. The first kappa shape index (κ1) is 12.5. The van der Waals surface area contributed by atoms with E-state index in [1.165, 1.54) is 4.90 Å². The number of likely N-dealkylation sites (N-methyl/N-ethyl adjacent to an activating group) is 1. The highest BCUT2D eigenvalue weighted by Crippen LogP contribution is 2.23. The van der Waals surface area contributed by atoms with Gasteiger partial charge < -0.3 is 4.74 Å². The van der Waals surface area contributed by atoms with Crippen LogP contribution in [0.4, 0.5) is 0 Å². The second-order valence-electron chi connectivity index (χ2n) is 5.05. The van der Waals surface area contributed by atoms with E-state index >= 15 is 0 Å². The van der Waals surface area contributed by atoms with Gasteiger partial charge in [-0.3, -0.25) is 19.8 Å². The zero-order chi connectivity index (χ0) is 12.5. The Labute approximate surface area is 101 Å². The third-order valence-electron chi connectivity index (χ3n) is 3.68. The third kappa shape index (κ3) is 2.50. The minimum atomic E-state index is -0.342. The Bertz CT molecular complexity index is 324. The third-order valence-corrected chi connectivity index (χ3v) is 3.68. The minimum absolute atomic E-state index is 0.0642. The predicted octanol–water partition coefficient (Wildman–Crippen LogP) is 0.292. The summed E-state index contributed by atoms with van der Waals surface area (Å²) in [7, 11) is 0. The lowest BCUT2D eigenvalue weighted by Gasteiger charge is -2.36. The van der Waals surface area contributed by atoms with E-state index < -0.39 is 0 Å². The van der Waals surface area contributed by atoms with Crippen molar-refractivity contribution in [2.75, 3.05) is 19.8 Å². The Hall–Kier alpha value is -0.940. The zero-order valence-electron chi connectivity index (χ0n) is 10.5. The first-order valence-electron chi connectivity index (χ1n) is 6.25. The lowest BCUT2D eigenvalue weighted by atomic mass is 9.91. The summed E-state index contributed by atoms with van der Waals surface area (Å²) in [6.45, 7) is 5.83. The predicted molar refractivity (Wildman–Crippen MR) is 62.4 cm³/mol. The van der Waals surface area contributed by atoms with Crippen LogP contribution in [-0.2, 0) is 14.3 Å². The number of amides is 2. The highest BCUT2D eigenvalue weighted by atomic mass is 16.5. The van der Waals surface area contributed by atoms with Crippen LogP contribution in [0.1, 0.15) is 33.1 Å². The number of carbonyl (C=O) groups is 2. The average molecular weight is 240 g/mol. The number of carbonyl (C=O) groups excluding carboxylic acids is 2. The Morgan fingerprint density at radius 1 is 1.41 bits per heavy atom. The van der Waals surface area contributed by atoms with Crippen molar-refractivity contribution in [2.24, 2.45) is 0 Å². The number of ether oxygens (including phenoxy) is 1. The number of imide groups is 1. The number of nitrogens with zero attached hydrogens (tertiary/aromatic N) is 1. The molecule has 0 aromatic heterocycles. The van der Waals surface area contributed by atoms with Gasteiger partial charge >= 0.3 is 0 Å². The van der Waals surface area contributed by atoms with Crippen LogP contribution in [0.25, 0.3) is 0 Å². The molecule has 1 N–H and O–H groups in total.